The smallest absolute Gasteiger partial charge is 0.280 e. The number of halogens is 1. The number of ether oxygens (including phenoxy) is 3. The fourth-order valence-corrected chi connectivity index (χ4v) is 1.90. The van der Waals surface area contributed by atoms with Crippen LogP contribution in [-0.4, -0.2) is 58.1 Å². The van der Waals surface area contributed by atoms with Crippen LogP contribution >= 0.6 is 10.7 Å². The minimum Gasteiger partial charge on any atom is -0.382 e. The molecule has 0 amide bonds. The Labute approximate surface area is 116 Å². The van der Waals surface area contributed by atoms with E-state index >= 15 is 0 Å². The quantitative estimate of drug-likeness (QED) is 0.462. The van der Waals surface area contributed by atoms with E-state index < -0.39 is 9.05 Å². The van der Waals surface area contributed by atoms with Crippen LogP contribution in [0.3, 0.4) is 0 Å². The lowest BCUT2D eigenvalue weighted by Gasteiger charge is -2.05. The maximum atomic E-state index is 11.0. The number of hydrogen-bond donors (Lipinski definition) is 0. The van der Waals surface area contributed by atoms with Gasteiger partial charge in [0.25, 0.3) is 9.05 Å². The highest BCUT2D eigenvalue weighted by molar-refractivity contribution is 8.13. The molecule has 0 saturated carbocycles. The van der Waals surface area contributed by atoms with E-state index in [4.69, 9.17) is 24.9 Å². The largest absolute Gasteiger partial charge is 0.382 e. The summed E-state index contributed by atoms with van der Waals surface area (Å²) in [4.78, 5) is 3.69. The topological polar surface area (TPSA) is 79.7 Å². The van der Waals surface area contributed by atoms with Crippen molar-refractivity contribution in [3.8, 4) is 0 Å². The van der Waals surface area contributed by atoms with Crippen molar-refractivity contribution in [3.63, 3.8) is 0 Å². The molecule has 0 aromatic carbocycles. The van der Waals surface area contributed by atoms with Gasteiger partial charge >= 0.3 is 0 Å². The minimum atomic E-state index is -3.76. The molecule has 0 aliphatic carbocycles. The summed E-state index contributed by atoms with van der Waals surface area (Å²) in [5, 5.41) is -0.155. The first-order chi connectivity index (χ1) is 9.04. The third-order valence-electron chi connectivity index (χ3n) is 2.16. The first-order valence-electron chi connectivity index (χ1n) is 5.65. The maximum absolute atomic E-state index is 11.0. The van der Waals surface area contributed by atoms with Crippen LogP contribution in [0.4, 0.5) is 0 Å². The van der Waals surface area contributed by atoms with Gasteiger partial charge in [0.15, 0.2) is 5.03 Å². The van der Waals surface area contributed by atoms with Gasteiger partial charge in [0.1, 0.15) is 0 Å². The summed E-state index contributed by atoms with van der Waals surface area (Å²) in [6.07, 6.45) is 2.76. The molecule has 0 bridgehead atoms. The first-order valence-corrected chi connectivity index (χ1v) is 7.96. The summed E-state index contributed by atoms with van der Waals surface area (Å²) in [5.41, 5.74) is 0. The number of nitrogens with zero attached hydrogens (tertiary/aromatic N) is 2. The molecule has 0 aliphatic rings. The third kappa shape index (κ3) is 6.88. The van der Waals surface area contributed by atoms with Crippen molar-refractivity contribution in [2.24, 2.45) is 0 Å². The van der Waals surface area contributed by atoms with Crippen molar-refractivity contribution in [1.82, 2.24) is 9.55 Å². The van der Waals surface area contributed by atoms with Gasteiger partial charge in [0.05, 0.1) is 39.4 Å². The molecule has 9 heteroatoms. The Kier molecular flexibility index (Phi) is 7.32. The minimum absolute atomic E-state index is 0.155. The van der Waals surface area contributed by atoms with Crippen molar-refractivity contribution < 1.29 is 22.6 Å². The second kappa shape index (κ2) is 8.49. The Hall–Kier alpha value is -0.670. The summed E-state index contributed by atoms with van der Waals surface area (Å²) in [6.45, 7) is 3.00. The first kappa shape index (κ1) is 16.4. The van der Waals surface area contributed by atoms with Gasteiger partial charge in [-0.15, -0.1) is 0 Å². The lowest BCUT2D eigenvalue weighted by molar-refractivity contribution is 0.0230. The van der Waals surface area contributed by atoms with Crippen LogP contribution in [-0.2, 0) is 29.8 Å². The van der Waals surface area contributed by atoms with Crippen LogP contribution in [0, 0.1) is 0 Å². The monoisotopic (exact) mass is 312 g/mol. The molecule has 0 spiro atoms. The number of hydrogen-bond acceptors (Lipinski definition) is 6. The zero-order valence-electron chi connectivity index (χ0n) is 10.6. The van der Waals surface area contributed by atoms with E-state index in [-0.39, 0.29) is 5.03 Å². The fourth-order valence-electron chi connectivity index (χ4n) is 1.22. The molecule has 0 fully saturated rings. The van der Waals surface area contributed by atoms with E-state index in [2.05, 4.69) is 4.98 Å². The predicted octanol–water partition coefficient (Wildman–Crippen LogP) is 0.490. The Morgan fingerprint density at radius 3 is 2.42 bits per heavy atom. The van der Waals surface area contributed by atoms with Gasteiger partial charge in [-0.1, -0.05) is 0 Å². The Morgan fingerprint density at radius 1 is 1.21 bits per heavy atom. The van der Waals surface area contributed by atoms with Crippen LogP contribution in [0.5, 0.6) is 0 Å². The van der Waals surface area contributed by atoms with E-state index in [1.165, 1.54) is 12.5 Å². The molecular weight excluding hydrogens is 296 g/mol. The van der Waals surface area contributed by atoms with Crippen molar-refractivity contribution in [3.05, 3.63) is 12.5 Å². The number of imidazole rings is 1. The lowest BCUT2D eigenvalue weighted by Crippen LogP contribution is -2.11. The molecule has 1 rings (SSSR count). The number of rotatable bonds is 10. The molecule has 1 aromatic heterocycles. The Bertz CT molecular complexity index is 462. The van der Waals surface area contributed by atoms with Gasteiger partial charge in [-0.2, -0.15) is 0 Å². The molecule has 0 saturated heterocycles. The van der Waals surface area contributed by atoms with Crippen LogP contribution in [0.1, 0.15) is 0 Å². The standard InChI is InChI=1S/C10H17ClN2O5S/c1-16-4-5-18-7-6-17-3-2-13-8-10(12-9-13)19(11,14)15/h8-9H,2-7H2,1H3. The van der Waals surface area contributed by atoms with Gasteiger partial charge in [-0.25, -0.2) is 13.4 Å². The summed E-state index contributed by atoms with van der Waals surface area (Å²) in [5.74, 6) is 0. The molecule has 0 aliphatic heterocycles. The second-order valence-electron chi connectivity index (χ2n) is 3.61. The molecule has 1 heterocycles. The van der Waals surface area contributed by atoms with Gasteiger partial charge in [0, 0.05) is 30.5 Å². The second-order valence-corrected chi connectivity index (χ2v) is 6.12. The summed E-state index contributed by atoms with van der Waals surface area (Å²) < 4.78 is 38.9. The van der Waals surface area contributed by atoms with Gasteiger partial charge < -0.3 is 18.8 Å². The summed E-state index contributed by atoms with van der Waals surface area (Å²) in [7, 11) is 3.00. The van der Waals surface area contributed by atoms with Crippen molar-refractivity contribution in [2.75, 3.05) is 40.1 Å². The highest BCUT2D eigenvalue weighted by atomic mass is 35.7. The van der Waals surface area contributed by atoms with Crippen LogP contribution in [0.15, 0.2) is 17.6 Å². The molecule has 1 aromatic rings. The van der Waals surface area contributed by atoms with E-state index in [9.17, 15) is 8.42 Å². The van der Waals surface area contributed by atoms with Gasteiger partial charge in [-0.05, 0) is 0 Å². The number of aromatic nitrogens is 2. The predicted molar refractivity (Wildman–Crippen MR) is 68.8 cm³/mol. The lowest BCUT2D eigenvalue weighted by atomic mass is 10.6. The Morgan fingerprint density at radius 2 is 1.84 bits per heavy atom. The molecule has 0 atom stereocenters. The van der Waals surface area contributed by atoms with Gasteiger partial charge in [-0.3, -0.25) is 0 Å². The summed E-state index contributed by atoms with van der Waals surface area (Å²) >= 11 is 0. The normalized spacial score (nSPS) is 11.9. The van der Waals surface area contributed by atoms with Crippen molar-refractivity contribution >= 4 is 19.7 Å². The zero-order valence-corrected chi connectivity index (χ0v) is 12.2. The maximum Gasteiger partial charge on any atom is 0.280 e. The highest BCUT2D eigenvalue weighted by Crippen LogP contribution is 2.10. The van der Waals surface area contributed by atoms with Crippen LogP contribution in [0.25, 0.3) is 0 Å². The summed E-state index contributed by atoms with van der Waals surface area (Å²) in [6, 6.07) is 0. The Balaban J connectivity index is 2.11. The van der Waals surface area contributed by atoms with Crippen molar-refractivity contribution in [2.45, 2.75) is 11.6 Å². The molecule has 19 heavy (non-hydrogen) atoms. The average Bonchev–Trinajstić information content (AvgIpc) is 2.81. The van der Waals surface area contributed by atoms with E-state index in [1.807, 2.05) is 0 Å². The molecule has 0 N–H and O–H groups in total. The van der Waals surface area contributed by atoms with E-state index in [0.29, 0.717) is 39.6 Å². The van der Waals surface area contributed by atoms with Crippen molar-refractivity contribution in [1.29, 1.82) is 0 Å². The van der Waals surface area contributed by atoms with Crippen LogP contribution < -0.4 is 0 Å². The fraction of sp³-hybridized carbons (Fsp3) is 0.700. The van der Waals surface area contributed by atoms with E-state index in [1.54, 1.807) is 11.7 Å². The highest BCUT2D eigenvalue weighted by Gasteiger charge is 2.12. The van der Waals surface area contributed by atoms with Crippen LogP contribution in [0.2, 0.25) is 0 Å². The third-order valence-corrected chi connectivity index (χ3v) is 3.34. The molecule has 0 radical (unpaired) electrons. The van der Waals surface area contributed by atoms with E-state index in [0.717, 1.165) is 0 Å². The SMILES string of the molecule is COCCOCCOCCn1cnc(S(=O)(=O)Cl)c1. The molecule has 0 unspecified atom stereocenters. The molecular formula is C10H17ClN2O5S. The molecule has 110 valence electrons. The number of methoxy groups -OCH3 is 1. The average molecular weight is 313 g/mol. The van der Waals surface area contributed by atoms with Gasteiger partial charge in [0.2, 0.25) is 0 Å². The molecule has 7 nitrogen and oxygen atoms in total. The zero-order chi connectivity index (χ0) is 14.1.